The zero-order valence-electron chi connectivity index (χ0n) is 27.2. The van der Waals surface area contributed by atoms with E-state index in [0.29, 0.717) is 11.8 Å². The molecule has 0 aromatic rings. The molecule has 4 aliphatic rings. The Hall–Kier alpha value is -0.910. The molecule has 3 N–H and O–H groups in total. The highest BCUT2D eigenvalue weighted by Gasteiger charge is 2.66. The lowest BCUT2D eigenvalue weighted by atomic mass is 9.43. The van der Waals surface area contributed by atoms with Crippen LogP contribution in [-0.2, 0) is 43.7 Å². The summed E-state index contributed by atoms with van der Waals surface area (Å²) < 4.78 is 115. The zero-order chi connectivity index (χ0) is 34.2. The summed E-state index contributed by atoms with van der Waals surface area (Å²) in [5, 5.41) is 0. The molecular formula is C30H50O12S3. The second kappa shape index (κ2) is 11.9. The van der Waals surface area contributed by atoms with Gasteiger partial charge in [0, 0.05) is 0 Å². The quantitative estimate of drug-likeness (QED) is 0.185. The second-order valence-corrected chi connectivity index (χ2v) is 18.8. The summed E-state index contributed by atoms with van der Waals surface area (Å²) >= 11 is 0. The van der Waals surface area contributed by atoms with Crippen LogP contribution in [0.4, 0.5) is 0 Å². The Labute approximate surface area is 269 Å². The Balaban J connectivity index is 1.75. The summed E-state index contributed by atoms with van der Waals surface area (Å²) in [5.41, 5.74) is 0.724. The number of rotatable bonds is 10. The van der Waals surface area contributed by atoms with Crippen LogP contribution in [0.3, 0.4) is 0 Å². The molecule has 0 radical (unpaired) electrons. The maximum Gasteiger partial charge on any atom is 0.397 e. The van der Waals surface area contributed by atoms with Crippen molar-refractivity contribution in [2.75, 3.05) is 0 Å². The van der Waals surface area contributed by atoms with Crippen LogP contribution in [0.25, 0.3) is 0 Å². The number of hydrogen-bond donors (Lipinski definition) is 3. The van der Waals surface area contributed by atoms with Crippen molar-refractivity contribution in [3.8, 4) is 0 Å². The third kappa shape index (κ3) is 7.41. The first kappa shape index (κ1) is 36.9. The highest BCUT2D eigenvalue weighted by atomic mass is 32.3. The third-order valence-electron chi connectivity index (χ3n) is 12.3. The SMILES string of the molecule is C=C(CCC(C)[C@H]1CC[C@@]2(C)[C@@H]3C[C@H](OS(=O)(=O)O)[C@H]4C[C@H](OS(=O)(=O)O)[C@@H](OS(=O)(=O)O)C[C@]4(C)C3=CC[C@]12C)C(C)(C)C. The van der Waals surface area contributed by atoms with Crippen molar-refractivity contribution in [3.63, 3.8) is 0 Å². The Morgan fingerprint density at radius 2 is 1.44 bits per heavy atom. The van der Waals surface area contributed by atoms with E-state index in [1.54, 1.807) is 0 Å². The van der Waals surface area contributed by atoms with Crippen LogP contribution >= 0.6 is 0 Å². The lowest BCUT2D eigenvalue weighted by Gasteiger charge is -2.63. The summed E-state index contributed by atoms with van der Waals surface area (Å²) in [5.74, 6) is -0.226. The van der Waals surface area contributed by atoms with Gasteiger partial charge in [-0.05, 0) is 96.7 Å². The van der Waals surface area contributed by atoms with Crippen molar-refractivity contribution in [2.45, 2.75) is 118 Å². The van der Waals surface area contributed by atoms with E-state index in [1.165, 1.54) is 5.57 Å². The maximum absolute atomic E-state index is 12.1. The molecule has 0 saturated heterocycles. The van der Waals surface area contributed by atoms with Crippen LogP contribution in [-0.4, -0.2) is 57.2 Å². The molecule has 4 aliphatic carbocycles. The van der Waals surface area contributed by atoms with Gasteiger partial charge in [0.2, 0.25) is 0 Å². The standard InChI is InChI=1S/C30H50O12S3/c1-18(9-10-19(2)27(3,4)5)20-11-13-30(8)22-15-24(40-43(31,32)33)23-16-25(41-44(34,35)36)26(42-45(37,38)39)17-28(23,6)21(22)12-14-29(20,30)7/h12,18,20,22-26H,2,9-11,13-17H2,1,3-8H3,(H,31,32,33)(H,34,35,36)(H,37,38,39)/t18?,20-,22-,23-,24+,25+,26+,28-,29-,30+/m1/s1. The number of allylic oxidation sites excluding steroid dienone is 3. The summed E-state index contributed by atoms with van der Waals surface area (Å²) in [4.78, 5) is 0. The predicted molar refractivity (Wildman–Crippen MR) is 167 cm³/mol. The van der Waals surface area contributed by atoms with Crippen molar-refractivity contribution in [1.82, 2.24) is 0 Å². The maximum atomic E-state index is 12.1. The van der Waals surface area contributed by atoms with E-state index < -0.39 is 60.8 Å². The van der Waals surface area contributed by atoms with Crippen LogP contribution in [0.15, 0.2) is 23.8 Å². The average Bonchev–Trinajstić information content (AvgIpc) is 3.11. The van der Waals surface area contributed by atoms with E-state index in [1.807, 2.05) is 6.92 Å². The van der Waals surface area contributed by atoms with Gasteiger partial charge < -0.3 is 0 Å². The normalized spacial score (nSPS) is 39.7. The van der Waals surface area contributed by atoms with Crippen LogP contribution in [0.2, 0.25) is 0 Å². The van der Waals surface area contributed by atoms with Crippen molar-refractivity contribution < 1.29 is 51.5 Å². The van der Waals surface area contributed by atoms with Crippen molar-refractivity contribution in [2.24, 2.45) is 45.3 Å². The third-order valence-corrected chi connectivity index (χ3v) is 13.8. The highest BCUT2D eigenvalue weighted by molar-refractivity contribution is 7.81. The fourth-order valence-electron chi connectivity index (χ4n) is 9.58. The Morgan fingerprint density at radius 3 is 1.98 bits per heavy atom. The van der Waals surface area contributed by atoms with Gasteiger partial charge >= 0.3 is 31.2 Å². The van der Waals surface area contributed by atoms with E-state index in [2.05, 4.69) is 54.2 Å². The molecule has 0 aromatic heterocycles. The van der Waals surface area contributed by atoms with E-state index in [9.17, 15) is 38.9 Å². The lowest BCUT2D eigenvalue weighted by molar-refractivity contribution is -0.122. The van der Waals surface area contributed by atoms with Gasteiger partial charge in [-0.15, -0.1) is 0 Å². The molecule has 3 fully saturated rings. The summed E-state index contributed by atoms with van der Waals surface area (Å²) in [6.07, 6.45) is 2.13. The topological polar surface area (TPSA) is 191 Å². The first-order valence-corrected chi connectivity index (χ1v) is 19.7. The largest absolute Gasteiger partial charge is 0.397 e. The minimum absolute atomic E-state index is 0.0226. The van der Waals surface area contributed by atoms with E-state index in [0.717, 1.165) is 37.7 Å². The number of fused-ring (bicyclic) bond motifs is 5. The van der Waals surface area contributed by atoms with Crippen LogP contribution in [0.1, 0.15) is 99.8 Å². The van der Waals surface area contributed by atoms with Crippen molar-refractivity contribution in [3.05, 3.63) is 23.8 Å². The summed E-state index contributed by atoms with van der Waals surface area (Å²) in [7, 11) is -15.1. The van der Waals surface area contributed by atoms with Crippen LogP contribution in [0.5, 0.6) is 0 Å². The van der Waals surface area contributed by atoms with Gasteiger partial charge in [0.15, 0.2) is 0 Å². The fraction of sp³-hybridized carbons (Fsp3) is 0.867. The fourth-order valence-corrected chi connectivity index (χ4v) is 11.1. The molecule has 0 aliphatic heterocycles. The van der Waals surface area contributed by atoms with Gasteiger partial charge in [-0.2, -0.15) is 25.3 Å². The molecule has 10 atom stereocenters. The molecule has 0 aromatic carbocycles. The smallest absolute Gasteiger partial charge is 0.264 e. The van der Waals surface area contributed by atoms with E-state index in [4.69, 9.17) is 12.5 Å². The minimum Gasteiger partial charge on any atom is -0.264 e. The average molecular weight is 699 g/mol. The Kier molecular flexibility index (Phi) is 9.76. The van der Waals surface area contributed by atoms with Gasteiger partial charge in [0.05, 0.1) is 6.10 Å². The van der Waals surface area contributed by atoms with Crippen LogP contribution in [0, 0.1) is 45.3 Å². The summed E-state index contributed by atoms with van der Waals surface area (Å²) in [6.45, 7) is 19.4. The van der Waals surface area contributed by atoms with E-state index in [-0.39, 0.29) is 41.4 Å². The van der Waals surface area contributed by atoms with Gasteiger partial charge in [0.1, 0.15) is 12.2 Å². The van der Waals surface area contributed by atoms with Crippen LogP contribution < -0.4 is 0 Å². The molecule has 0 bridgehead atoms. The van der Waals surface area contributed by atoms with E-state index >= 15 is 0 Å². The highest BCUT2D eigenvalue weighted by Crippen LogP contribution is 2.72. The van der Waals surface area contributed by atoms with Gasteiger partial charge in [-0.1, -0.05) is 72.3 Å². The molecule has 12 nitrogen and oxygen atoms in total. The minimum atomic E-state index is -5.09. The molecule has 0 heterocycles. The first-order chi connectivity index (χ1) is 20.2. The van der Waals surface area contributed by atoms with Crippen molar-refractivity contribution in [1.29, 1.82) is 0 Å². The van der Waals surface area contributed by atoms with Gasteiger partial charge in [0.25, 0.3) is 0 Å². The summed E-state index contributed by atoms with van der Waals surface area (Å²) in [6, 6.07) is 0. The van der Waals surface area contributed by atoms with Gasteiger partial charge in [-0.25, -0.2) is 12.5 Å². The molecule has 0 amide bonds. The monoisotopic (exact) mass is 698 g/mol. The number of hydrogen-bond acceptors (Lipinski definition) is 9. The molecule has 260 valence electrons. The van der Waals surface area contributed by atoms with Crippen molar-refractivity contribution >= 4 is 31.2 Å². The first-order valence-electron chi connectivity index (χ1n) is 15.6. The molecular weight excluding hydrogens is 649 g/mol. The second-order valence-electron chi connectivity index (χ2n) is 15.7. The Morgan fingerprint density at radius 1 is 0.911 bits per heavy atom. The molecule has 45 heavy (non-hydrogen) atoms. The molecule has 4 rings (SSSR count). The molecule has 0 spiro atoms. The zero-order valence-corrected chi connectivity index (χ0v) is 29.7. The molecule has 1 unspecified atom stereocenters. The Bertz CT molecular complexity index is 1530. The van der Waals surface area contributed by atoms with Gasteiger partial charge in [-0.3, -0.25) is 13.7 Å². The molecule has 15 heteroatoms. The predicted octanol–water partition coefficient (Wildman–Crippen LogP) is 5.76. The lowest BCUT2D eigenvalue weighted by Crippen LogP contribution is -2.60. The molecule has 3 saturated carbocycles.